The molecular formula is C15H29N. The number of likely N-dealkylation sites (N-methyl/N-ethyl adjacent to an activating group) is 1. The van der Waals surface area contributed by atoms with Crippen LogP contribution < -0.4 is 0 Å². The minimum Gasteiger partial charge on any atom is -0.309 e. The van der Waals surface area contributed by atoms with E-state index in [1.165, 1.54) is 12.0 Å². The average molecular weight is 223 g/mol. The van der Waals surface area contributed by atoms with Crippen LogP contribution in [0.2, 0.25) is 0 Å². The van der Waals surface area contributed by atoms with Gasteiger partial charge in [0.1, 0.15) is 0 Å². The minimum absolute atomic E-state index is 1.13. The third kappa shape index (κ3) is 13.2. The molecule has 16 heavy (non-hydrogen) atoms. The molecule has 0 radical (unpaired) electrons. The fraction of sp³-hybridized carbons (Fsp3) is 0.600. The Labute approximate surface area is 102 Å². The van der Waals surface area contributed by atoms with Gasteiger partial charge in [0, 0.05) is 6.54 Å². The lowest BCUT2D eigenvalue weighted by Gasteiger charge is -2.08. The Hall–Kier alpha value is -0.820. The van der Waals surface area contributed by atoms with Crippen LogP contribution in [0.1, 0.15) is 39.7 Å². The number of hydrogen-bond donors (Lipinski definition) is 0. The van der Waals surface area contributed by atoms with Crippen LogP contribution in [0.25, 0.3) is 0 Å². The highest BCUT2D eigenvalue weighted by Crippen LogP contribution is 1.99. The average Bonchev–Trinajstić information content (AvgIpc) is 2.31. The summed E-state index contributed by atoms with van der Waals surface area (Å²) in [5.74, 6) is 0. The summed E-state index contributed by atoms with van der Waals surface area (Å²) in [5, 5.41) is 0. The first-order valence-electron chi connectivity index (χ1n) is 6.39. The summed E-state index contributed by atoms with van der Waals surface area (Å²) < 4.78 is 0. The van der Waals surface area contributed by atoms with Crippen LogP contribution in [0.3, 0.4) is 0 Å². The first-order valence-corrected chi connectivity index (χ1v) is 6.39. The second-order valence-corrected chi connectivity index (χ2v) is 3.75. The quantitative estimate of drug-likeness (QED) is 0.741. The van der Waals surface area contributed by atoms with E-state index in [1.807, 2.05) is 13.8 Å². The predicted molar refractivity (Wildman–Crippen MR) is 76.0 cm³/mol. The molecule has 1 nitrogen and oxygen atoms in total. The van der Waals surface area contributed by atoms with E-state index in [0.29, 0.717) is 0 Å². The molecule has 1 heteroatoms. The van der Waals surface area contributed by atoms with Crippen molar-refractivity contribution in [2.24, 2.45) is 0 Å². The van der Waals surface area contributed by atoms with Gasteiger partial charge in [0.15, 0.2) is 0 Å². The van der Waals surface area contributed by atoms with Crippen molar-refractivity contribution in [3.05, 3.63) is 35.9 Å². The monoisotopic (exact) mass is 223 g/mol. The molecule has 0 saturated carbocycles. The third-order valence-electron chi connectivity index (χ3n) is 1.69. The SMILES string of the molecule is CC.CCC.CN(C)CCc1ccccc1. The van der Waals surface area contributed by atoms with Crippen molar-refractivity contribution in [2.45, 2.75) is 40.5 Å². The van der Waals surface area contributed by atoms with Crippen LogP contribution in [0, 0.1) is 0 Å². The third-order valence-corrected chi connectivity index (χ3v) is 1.69. The molecule has 0 spiro atoms. The molecule has 0 N–H and O–H groups in total. The fourth-order valence-electron chi connectivity index (χ4n) is 0.997. The van der Waals surface area contributed by atoms with E-state index in [-0.39, 0.29) is 0 Å². The van der Waals surface area contributed by atoms with Crippen LogP contribution in [-0.2, 0) is 6.42 Å². The van der Waals surface area contributed by atoms with Gasteiger partial charge in [0.2, 0.25) is 0 Å². The molecule has 0 aliphatic heterocycles. The van der Waals surface area contributed by atoms with Crippen molar-refractivity contribution < 1.29 is 0 Å². The Balaban J connectivity index is 0. The maximum absolute atomic E-state index is 2.20. The Morgan fingerprint density at radius 2 is 1.38 bits per heavy atom. The van der Waals surface area contributed by atoms with Gasteiger partial charge < -0.3 is 4.90 Å². The molecule has 0 aliphatic rings. The first kappa shape index (κ1) is 17.6. The zero-order valence-corrected chi connectivity index (χ0v) is 12.0. The van der Waals surface area contributed by atoms with Crippen molar-refractivity contribution in [3.8, 4) is 0 Å². The number of nitrogens with zero attached hydrogens (tertiary/aromatic N) is 1. The van der Waals surface area contributed by atoms with Crippen molar-refractivity contribution in [2.75, 3.05) is 20.6 Å². The van der Waals surface area contributed by atoms with E-state index in [2.05, 4.69) is 63.2 Å². The normalized spacial score (nSPS) is 8.69. The van der Waals surface area contributed by atoms with E-state index < -0.39 is 0 Å². The molecule has 0 bridgehead atoms. The summed E-state index contributed by atoms with van der Waals surface area (Å²) in [6.07, 6.45) is 2.40. The summed E-state index contributed by atoms with van der Waals surface area (Å²) >= 11 is 0. The van der Waals surface area contributed by atoms with Gasteiger partial charge in [0.05, 0.1) is 0 Å². The maximum Gasteiger partial charge on any atom is 0.00157 e. The van der Waals surface area contributed by atoms with Crippen molar-refractivity contribution in [1.29, 1.82) is 0 Å². The van der Waals surface area contributed by atoms with Gasteiger partial charge in [-0.1, -0.05) is 64.4 Å². The lowest BCUT2D eigenvalue weighted by Crippen LogP contribution is -2.14. The van der Waals surface area contributed by atoms with E-state index in [9.17, 15) is 0 Å². The Bertz CT molecular complexity index is 204. The van der Waals surface area contributed by atoms with E-state index in [1.54, 1.807) is 0 Å². The summed E-state index contributed by atoms with van der Waals surface area (Å²) in [6.45, 7) is 9.38. The fourth-order valence-corrected chi connectivity index (χ4v) is 0.997. The molecule has 94 valence electrons. The van der Waals surface area contributed by atoms with Crippen molar-refractivity contribution >= 4 is 0 Å². The highest BCUT2D eigenvalue weighted by atomic mass is 15.0. The molecule has 0 unspecified atom stereocenters. The van der Waals surface area contributed by atoms with Gasteiger partial charge in [-0.15, -0.1) is 0 Å². The predicted octanol–water partition coefficient (Wildman–Crippen LogP) is 4.23. The van der Waals surface area contributed by atoms with Crippen LogP contribution in [0.5, 0.6) is 0 Å². The van der Waals surface area contributed by atoms with Gasteiger partial charge in [0.25, 0.3) is 0 Å². The standard InChI is InChI=1S/C10H15N.C3H8.C2H6/c1-11(2)9-8-10-6-4-3-5-7-10;1-3-2;1-2/h3-7H,8-9H2,1-2H3;3H2,1-2H3;1-2H3. The second kappa shape index (κ2) is 14.2. The summed E-state index contributed by atoms with van der Waals surface area (Å²) in [4.78, 5) is 2.20. The topological polar surface area (TPSA) is 3.24 Å². The first-order chi connectivity index (χ1) is 7.70. The van der Waals surface area contributed by atoms with Gasteiger partial charge >= 0.3 is 0 Å². The Morgan fingerprint density at radius 3 is 1.75 bits per heavy atom. The Kier molecular flexibility index (Phi) is 15.6. The van der Waals surface area contributed by atoms with Crippen molar-refractivity contribution in [1.82, 2.24) is 4.90 Å². The van der Waals surface area contributed by atoms with Gasteiger partial charge in [-0.2, -0.15) is 0 Å². The van der Waals surface area contributed by atoms with Gasteiger partial charge in [-0.3, -0.25) is 0 Å². The molecule has 0 atom stereocenters. The van der Waals surface area contributed by atoms with Crippen LogP contribution in [0.15, 0.2) is 30.3 Å². The van der Waals surface area contributed by atoms with Gasteiger partial charge in [-0.25, -0.2) is 0 Å². The van der Waals surface area contributed by atoms with E-state index in [0.717, 1.165) is 13.0 Å². The molecule has 0 aromatic heterocycles. The number of hydrogen-bond acceptors (Lipinski definition) is 1. The highest BCUT2D eigenvalue weighted by Gasteiger charge is 1.91. The molecular weight excluding hydrogens is 194 g/mol. The summed E-state index contributed by atoms with van der Waals surface area (Å²) in [7, 11) is 4.20. The molecule has 0 heterocycles. The Morgan fingerprint density at radius 1 is 0.938 bits per heavy atom. The minimum atomic E-state index is 1.13. The largest absolute Gasteiger partial charge is 0.309 e. The molecule has 1 aromatic carbocycles. The zero-order chi connectivity index (χ0) is 12.8. The maximum atomic E-state index is 2.20. The number of benzene rings is 1. The molecule has 0 aliphatic carbocycles. The van der Waals surface area contributed by atoms with Gasteiger partial charge in [-0.05, 0) is 26.1 Å². The molecule has 1 aromatic rings. The van der Waals surface area contributed by atoms with E-state index >= 15 is 0 Å². The molecule has 0 fully saturated rings. The zero-order valence-electron chi connectivity index (χ0n) is 12.0. The van der Waals surface area contributed by atoms with Crippen LogP contribution in [-0.4, -0.2) is 25.5 Å². The molecule has 0 amide bonds. The second-order valence-electron chi connectivity index (χ2n) is 3.75. The lowest BCUT2D eigenvalue weighted by atomic mass is 10.1. The molecule has 1 rings (SSSR count). The molecule has 0 saturated heterocycles. The van der Waals surface area contributed by atoms with Crippen LogP contribution >= 0.6 is 0 Å². The lowest BCUT2D eigenvalue weighted by molar-refractivity contribution is 0.413. The summed E-state index contributed by atoms with van der Waals surface area (Å²) in [5.41, 5.74) is 1.42. The highest BCUT2D eigenvalue weighted by molar-refractivity contribution is 5.14. The number of rotatable bonds is 3. The van der Waals surface area contributed by atoms with E-state index in [4.69, 9.17) is 0 Å². The summed E-state index contributed by atoms with van der Waals surface area (Å²) in [6, 6.07) is 10.6. The van der Waals surface area contributed by atoms with Crippen LogP contribution in [0.4, 0.5) is 0 Å². The van der Waals surface area contributed by atoms with Crippen molar-refractivity contribution in [3.63, 3.8) is 0 Å². The smallest absolute Gasteiger partial charge is 0.00157 e.